The number of nitrogens with zero attached hydrogens (tertiary/aromatic N) is 4. The van der Waals surface area contributed by atoms with Crippen LogP contribution >= 0.6 is 0 Å². The highest BCUT2D eigenvalue weighted by atomic mass is 28.3. The third-order valence-corrected chi connectivity index (χ3v) is 22.9. The molecule has 1 aliphatic rings. The summed E-state index contributed by atoms with van der Waals surface area (Å²) in [6.45, 7) is 0.435. The maximum Gasteiger partial charge on any atom is 0.269 e. The van der Waals surface area contributed by atoms with Crippen molar-refractivity contribution in [2.45, 2.75) is 39.9 Å². The number of rotatable bonds is 10. The number of imidazole rings is 1. The number of hydrogen-bond donors (Lipinski definition) is 0. The molecule has 0 spiro atoms. The predicted molar refractivity (Wildman–Crippen MR) is 402 cm³/mol. The summed E-state index contributed by atoms with van der Waals surface area (Å²) in [4.78, 5) is 4.92. The minimum absolute atomic E-state index is 0.0286. The zero-order valence-electron chi connectivity index (χ0n) is 73.4. The van der Waals surface area contributed by atoms with Gasteiger partial charge in [-0.3, -0.25) is 13.7 Å². The third kappa shape index (κ3) is 9.36. The second-order valence-electron chi connectivity index (χ2n) is 25.2. The van der Waals surface area contributed by atoms with Crippen molar-refractivity contribution in [1.29, 1.82) is 0 Å². The fourth-order valence-electron chi connectivity index (χ4n) is 14.3. The van der Waals surface area contributed by atoms with Crippen molar-refractivity contribution >= 4 is 83.6 Å². The molecule has 0 radical (unpaired) electrons. The van der Waals surface area contributed by atoms with E-state index in [0.29, 0.717) is 67.2 Å². The number of ether oxygens (including phenoxy) is 1. The van der Waals surface area contributed by atoms with E-state index in [9.17, 15) is 24.7 Å². The summed E-state index contributed by atoms with van der Waals surface area (Å²) in [5.41, 5.74) is 8.18. The molecule has 0 amide bonds. The molecule has 0 unspecified atom stereocenters. The first-order valence-corrected chi connectivity index (χ1v) is 33.7. The largest absolute Gasteiger partial charge is 0.458 e. The van der Waals surface area contributed by atoms with E-state index in [1.54, 1.807) is 34.9 Å². The van der Waals surface area contributed by atoms with E-state index < -0.39 is 128 Å². The van der Waals surface area contributed by atoms with E-state index >= 15 is 0 Å². The number of hydrogen-bond acceptors (Lipinski definition) is 3. The summed E-state index contributed by atoms with van der Waals surface area (Å²) in [5.74, 6) is 1.58. The van der Waals surface area contributed by atoms with Crippen molar-refractivity contribution in [2.24, 2.45) is 0 Å². The highest BCUT2D eigenvalue weighted by Gasteiger charge is 2.42. The first-order valence-electron chi connectivity index (χ1n) is 42.2. The lowest BCUT2D eigenvalue weighted by Crippen LogP contribution is -2.74. The topological polar surface area (TPSA) is 49.0 Å². The summed E-state index contributed by atoms with van der Waals surface area (Å²) in [6, 6.07) is 49.8. The Morgan fingerprint density at radius 3 is 1.84 bits per heavy atom. The molecule has 5 heterocycles. The molecule has 18 rings (SSSR count). The Morgan fingerprint density at radius 2 is 1.09 bits per heavy atom. The van der Waals surface area contributed by atoms with Gasteiger partial charge >= 0.3 is 0 Å². The van der Waals surface area contributed by atoms with Crippen LogP contribution in [0.3, 0.4) is 0 Å². The maximum atomic E-state index is 10.1. The van der Waals surface area contributed by atoms with Crippen molar-refractivity contribution < 1.29 is 42.5 Å². The van der Waals surface area contributed by atoms with Crippen molar-refractivity contribution in [3.63, 3.8) is 0 Å². The minimum Gasteiger partial charge on any atom is -0.458 e. The predicted octanol–water partition coefficient (Wildman–Crippen LogP) is 19.8. The molecule has 97 heavy (non-hydrogen) atoms. The molecule has 0 aliphatic carbocycles. The first-order chi connectivity index (χ1) is 56.2. The second kappa shape index (κ2) is 22.7. The van der Waals surface area contributed by atoms with E-state index in [0.717, 1.165) is 49.5 Å². The zero-order chi connectivity index (χ0) is 83.2. The Balaban J connectivity index is 0.989. The highest BCUT2D eigenvalue weighted by molar-refractivity contribution is 7.20. The third-order valence-electron chi connectivity index (χ3n) is 18.7. The van der Waals surface area contributed by atoms with Crippen molar-refractivity contribution in [3.05, 3.63) is 332 Å². The summed E-state index contributed by atoms with van der Waals surface area (Å²) >= 11 is 0. The van der Waals surface area contributed by atoms with Crippen molar-refractivity contribution in [3.8, 4) is 84.3 Å². The highest BCUT2D eigenvalue weighted by Crippen LogP contribution is 2.48. The van der Waals surface area contributed by atoms with Gasteiger partial charge in [0, 0.05) is 42.0 Å². The van der Waals surface area contributed by atoms with Gasteiger partial charge in [-0.25, -0.2) is 4.98 Å². The van der Waals surface area contributed by atoms with Crippen molar-refractivity contribution in [1.82, 2.24) is 14.1 Å². The quantitative estimate of drug-likeness (QED) is 0.0593. The molecule has 0 saturated heterocycles. The molecule has 462 valence electrons. The molecule has 0 N–H and O–H groups in total. The Hall–Kier alpha value is -11.9. The molecule has 4 aromatic heterocycles. The number of pyridine rings is 1. The van der Waals surface area contributed by atoms with Gasteiger partial charge in [-0.05, 0) is 185 Å². The number of fused-ring (bicyclic) bond motifs is 13. The summed E-state index contributed by atoms with van der Waals surface area (Å²) in [6.07, 6.45) is 5.58. The van der Waals surface area contributed by atoms with Crippen LogP contribution in [-0.2, 0) is 5.41 Å². The van der Waals surface area contributed by atoms with Crippen LogP contribution < -0.4 is 30.1 Å². The summed E-state index contributed by atoms with van der Waals surface area (Å²) in [7, 11) is -5.88. The van der Waals surface area contributed by atoms with E-state index in [1.807, 2.05) is 144 Å². The van der Waals surface area contributed by atoms with Crippen molar-refractivity contribution in [2.75, 3.05) is 0 Å². The molecule has 0 fully saturated rings. The van der Waals surface area contributed by atoms with E-state index in [-0.39, 0.29) is 49.7 Å². The van der Waals surface area contributed by atoms with Crippen LogP contribution in [0, 0.1) is 20.0 Å². The lowest BCUT2D eigenvalue weighted by molar-refractivity contribution is -0.570. The molecular formula is C90H66N4O2Si. The van der Waals surface area contributed by atoms with Gasteiger partial charge in [-0.1, -0.05) is 245 Å². The molecule has 13 aromatic carbocycles. The van der Waals surface area contributed by atoms with Gasteiger partial charge in [-0.2, -0.15) is 0 Å². The summed E-state index contributed by atoms with van der Waals surface area (Å²) in [5, 5.41) is 1.26. The SMILES string of the molecule is [2H]c1c([2H])c([2H])c([Si](c2ccc3c(c2)-c2cccc(-c4c(C([2H])([2H])[2H])cccc4C([2H])([2H])[2H])c2-[n+]2[c-]n(-c4cccc(Oc5ccc6c7ccccc7n(-c7cc(C(C)(C)C)ccn7)c6c5)c4)c4cc(-c5ccc6oc7ccccc7c6c5)cc(c42)-c2ccccc2-3)(c2c([2H])c([2H])c([2H])c([2H])c2[2H])c2c([2H])c([2H])c([2H])c([2H])c2[2H])c([2H])c1[2H]. The average Bonchev–Trinajstić information content (AvgIpc) is 0.827. The Kier molecular flexibility index (Phi) is 9.28. The normalized spacial score (nSPS) is 15.5. The minimum atomic E-state index is -5.88. The molecule has 1 aliphatic heterocycles. The molecule has 0 atom stereocenters. The molecule has 0 saturated carbocycles. The number of aryl methyl sites for hydroxylation is 2. The van der Waals surface area contributed by atoms with Gasteiger partial charge in [0.15, 0.2) is 8.07 Å². The van der Waals surface area contributed by atoms with Crippen LogP contribution in [-0.4, -0.2) is 22.2 Å². The van der Waals surface area contributed by atoms with Crippen LogP contribution in [0.4, 0.5) is 0 Å². The van der Waals surface area contributed by atoms with Gasteiger partial charge in [0.1, 0.15) is 28.5 Å². The average molecular weight is 1280 g/mol. The van der Waals surface area contributed by atoms with Gasteiger partial charge in [0.2, 0.25) is 0 Å². The Labute approximate surface area is 594 Å². The molecule has 0 bridgehead atoms. The Bertz CT molecular complexity index is 6930. The van der Waals surface area contributed by atoms with Gasteiger partial charge < -0.3 is 9.15 Å². The molecular weight excluding hydrogens is 1200 g/mol. The standard InChI is InChI=1S/C90H66N4O2Si/c1-58-24-21-25-59(2)87(58)77-39-23-38-76-78-56-69(97(66-28-9-6-10-29-66,67-30-11-7-12-31-67)68-32-13-8-14-33-68)44-46-72(78)70-34-15-16-35-71(70)80-51-61(60-42-47-85-79(50-60)75-37-18-20-41-84(75)96-85)52-83-89(80)93(88(76)77)57-92(83)63-26-22-27-64(54-63)95-65-43-45-74-73-36-17-19-40-81(73)94(82(74)55-65)86-53-62(48-49-91-86)90(3,4)5/h6-56H,1-5H3/i1D3,2D3,6D,7D,8D,9D,10D,11D,12D,13D,14D,28D,29D,30D,31D,32D,33D. The Morgan fingerprint density at radius 1 is 0.464 bits per heavy atom. The monoisotopic (exact) mass is 1280 g/mol. The van der Waals surface area contributed by atoms with Crippen LogP contribution in [0.2, 0.25) is 0 Å². The van der Waals surface area contributed by atoms with Crippen LogP contribution in [0.1, 0.15) is 66.2 Å². The number of benzene rings is 13. The lowest BCUT2D eigenvalue weighted by atomic mass is 9.87. The molecule has 7 heteroatoms. The second-order valence-corrected chi connectivity index (χ2v) is 28.8. The maximum absolute atomic E-state index is 10.1. The van der Waals surface area contributed by atoms with Crippen LogP contribution in [0.15, 0.2) is 314 Å². The molecule has 17 aromatic rings. The van der Waals surface area contributed by atoms with Crippen LogP contribution in [0.5, 0.6) is 11.5 Å². The fraction of sp³-hybridized carbons (Fsp3) is 0.0667. The lowest BCUT2D eigenvalue weighted by Gasteiger charge is -2.35. The van der Waals surface area contributed by atoms with Gasteiger partial charge in [-0.15, -0.1) is 0 Å². The van der Waals surface area contributed by atoms with E-state index in [1.165, 1.54) is 30.3 Å². The van der Waals surface area contributed by atoms with E-state index in [4.69, 9.17) is 18.3 Å². The zero-order valence-corrected chi connectivity index (χ0v) is 53.4. The number of furan rings is 1. The number of aromatic nitrogens is 4. The fourth-order valence-corrected chi connectivity index (χ4v) is 18.1. The number of para-hydroxylation sites is 3. The van der Waals surface area contributed by atoms with E-state index in [2.05, 4.69) is 49.9 Å². The van der Waals surface area contributed by atoms with Gasteiger partial charge in [0.05, 0.1) is 54.0 Å². The van der Waals surface area contributed by atoms with Crippen LogP contribution in [0.25, 0.3) is 128 Å². The van der Waals surface area contributed by atoms with Gasteiger partial charge in [0.25, 0.3) is 6.33 Å². The molecule has 6 nitrogen and oxygen atoms in total. The first kappa shape index (κ1) is 39.7. The smallest absolute Gasteiger partial charge is 0.269 e. The summed E-state index contributed by atoms with van der Waals surface area (Å²) < 4.78 is 218.